The topological polar surface area (TPSA) is 56.3 Å². The van der Waals surface area contributed by atoms with Crippen LogP contribution in [0.25, 0.3) is 9.88 Å². The molecule has 24 heavy (non-hydrogen) atoms. The van der Waals surface area contributed by atoms with Gasteiger partial charge in [-0.05, 0) is 42.6 Å². The number of ketones is 1. The van der Waals surface area contributed by atoms with Crippen LogP contribution < -0.4 is 0 Å². The second-order valence-corrected chi connectivity index (χ2v) is 6.74. The fraction of sp³-hybridized carbons (Fsp3) is 0.118. The van der Waals surface area contributed by atoms with Gasteiger partial charge in [0.2, 0.25) is 5.78 Å². The van der Waals surface area contributed by atoms with E-state index in [0.29, 0.717) is 0 Å². The first-order valence-corrected chi connectivity index (χ1v) is 8.80. The van der Waals surface area contributed by atoms with Crippen molar-refractivity contribution < 1.29 is 18.7 Å². The number of aromatic nitrogens is 1. The zero-order valence-corrected chi connectivity index (χ0v) is 14.2. The molecular formula is C17H12FNO3S2. The standard InChI is InChI=1S/C17H12FNO3S2/c1-10(15(20)11-4-6-12(18)7-5-11)22-17(21)13-9-24-16(19-13)14-3-2-8-23-14/h2-10H,1H3/t10-/m0/s1. The molecule has 0 saturated carbocycles. The van der Waals surface area contributed by atoms with Crippen LogP contribution >= 0.6 is 22.7 Å². The highest BCUT2D eigenvalue weighted by Crippen LogP contribution is 2.28. The Morgan fingerprint density at radius 1 is 1.17 bits per heavy atom. The summed E-state index contributed by atoms with van der Waals surface area (Å²) in [4.78, 5) is 29.5. The van der Waals surface area contributed by atoms with Crippen LogP contribution in [0.5, 0.6) is 0 Å². The number of Topliss-reactive ketones (excluding diaryl/α,β-unsaturated/α-hetero) is 1. The molecule has 0 aliphatic carbocycles. The van der Waals surface area contributed by atoms with Gasteiger partial charge < -0.3 is 4.74 Å². The van der Waals surface area contributed by atoms with Crippen molar-refractivity contribution in [1.82, 2.24) is 4.98 Å². The molecule has 0 amide bonds. The molecule has 3 rings (SSSR count). The highest BCUT2D eigenvalue weighted by molar-refractivity contribution is 7.20. The van der Waals surface area contributed by atoms with Gasteiger partial charge in [-0.3, -0.25) is 4.79 Å². The lowest BCUT2D eigenvalue weighted by atomic mass is 10.1. The van der Waals surface area contributed by atoms with E-state index in [1.165, 1.54) is 53.9 Å². The molecule has 4 nitrogen and oxygen atoms in total. The lowest BCUT2D eigenvalue weighted by Crippen LogP contribution is -2.24. The molecular weight excluding hydrogens is 349 g/mol. The molecule has 0 fully saturated rings. The monoisotopic (exact) mass is 361 g/mol. The molecule has 0 radical (unpaired) electrons. The molecule has 0 unspecified atom stereocenters. The number of thiophene rings is 1. The fourth-order valence-corrected chi connectivity index (χ4v) is 3.61. The quantitative estimate of drug-likeness (QED) is 0.498. The van der Waals surface area contributed by atoms with Crippen molar-refractivity contribution in [2.75, 3.05) is 0 Å². The van der Waals surface area contributed by atoms with E-state index in [1.807, 2.05) is 17.5 Å². The van der Waals surface area contributed by atoms with Crippen molar-refractivity contribution in [3.8, 4) is 9.88 Å². The van der Waals surface area contributed by atoms with Crippen LogP contribution in [0.4, 0.5) is 4.39 Å². The van der Waals surface area contributed by atoms with Crippen molar-refractivity contribution >= 4 is 34.4 Å². The van der Waals surface area contributed by atoms with Gasteiger partial charge in [-0.25, -0.2) is 14.2 Å². The number of ether oxygens (including phenoxy) is 1. The van der Waals surface area contributed by atoms with Gasteiger partial charge in [0.05, 0.1) is 4.88 Å². The lowest BCUT2D eigenvalue weighted by Gasteiger charge is -2.11. The summed E-state index contributed by atoms with van der Waals surface area (Å²) >= 11 is 2.87. The maximum absolute atomic E-state index is 12.9. The lowest BCUT2D eigenvalue weighted by molar-refractivity contribution is 0.0314. The van der Waals surface area contributed by atoms with Gasteiger partial charge >= 0.3 is 5.97 Å². The minimum Gasteiger partial charge on any atom is -0.450 e. The van der Waals surface area contributed by atoms with E-state index in [9.17, 15) is 14.0 Å². The van der Waals surface area contributed by atoms with E-state index in [1.54, 1.807) is 5.38 Å². The number of thiazole rings is 1. The van der Waals surface area contributed by atoms with Gasteiger partial charge in [0.25, 0.3) is 0 Å². The second kappa shape index (κ2) is 7.02. The zero-order chi connectivity index (χ0) is 17.1. The molecule has 1 atom stereocenters. The number of nitrogens with zero attached hydrogens (tertiary/aromatic N) is 1. The Labute approximate surface area is 145 Å². The van der Waals surface area contributed by atoms with Crippen molar-refractivity contribution in [2.45, 2.75) is 13.0 Å². The largest absolute Gasteiger partial charge is 0.450 e. The molecule has 7 heteroatoms. The summed E-state index contributed by atoms with van der Waals surface area (Å²) in [5.41, 5.74) is 0.455. The van der Waals surface area contributed by atoms with Crippen molar-refractivity contribution in [2.24, 2.45) is 0 Å². The molecule has 0 bridgehead atoms. The van der Waals surface area contributed by atoms with Gasteiger partial charge in [0.15, 0.2) is 11.8 Å². The summed E-state index contributed by atoms with van der Waals surface area (Å²) < 4.78 is 18.1. The van der Waals surface area contributed by atoms with Crippen molar-refractivity contribution in [3.05, 3.63) is 64.2 Å². The number of benzene rings is 1. The van der Waals surface area contributed by atoms with Crippen molar-refractivity contribution in [1.29, 1.82) is 0 Å². The van der Waals surface area contributed by atoms with E-state index in [-0.39, 0.29) is 11.3 Å². The SMILES string of the molecule is C[C@H](OC(=O)c1csc(-c2cccs2)n1)C(=O)c1ccc(F)cc1. The van der Waals surface area contributed by atoms with Gasteiger partial charge in [-0.15, -0.1) is 22.7 Å². The third-order valence-electron chi connectivity index (χ3n) is 3.23. The predicted octanol–water partition coefficient (Wildman–Crippen LogP) is 4.44. The number of esters is 1. The zero-order valence-electron chi connectivity index (χ0n) is 12.6. The van der Waals surface area contributed by atoms with Crippen LogP contribution in [0.2, 0.25) is 0 Å². The van der Waals surface area contributed by atoms with Gasteiger partial charge in [0.1, 0.15) is 10.8 Å². The molecule has 3 aromatic rings. The molecule has 1 aromatic carbocycles. The maximum atomic E-state index is 12.9. The summed E-state index contributed by atoms with van der Waals surface area (Å²) in [5, 5.41) is 4.26. The summed E-state index contributed by atoms with van der Waals surface area (Å²) in [7, 11) is 0. The van der Waals surface area contributed by atoms with Gasteiger partial charge in [-0.2, -0.15) is 0 Å². The number of hydrogen-bond donors (Lipinski definition) is 0. The minimum absolute atomic E-state index is 0.169. The Morgan fingerprint density at radius 3 is 2.58 bits per heavy atom. The molecule has 0 spiro atoms. The molecule has 0 N–H and O–H groups in total. The Bertz CT molecular complexity index is 856. The van der Waals surface area contributed by atoms with Crippen LogP contribution in [-0.4, -0.2) is 22.8 Å². The Kier molecular flexibility index (Phi) is 4.82. The van der Waals surface area contributed by atoms with E-state index < -0.39 is 23.7 Å². The molecule has 2 heterocycles. The molecule has 122 valence electrons. The molecule has 0 aliphatic rings. The average molecular weight is 361 g/mol. The first-order chi connectivity index (χ1) is 11.5. The predicted molar refractivity (Wildman–Crippen MR) is 91.0 cm³/mol. The first kappa shape index (κ1) is 16.5. The maximum Gasteiger partial charge on any atom is 0.358 e. The third-order valence-corrected chi connectivity index (χ3v) is 5.11. The van der Waals surface area contributed by atoms with Crippen LogP contribution in [0.15, 0.2) is 47.2 Å². The first-order valence-electron chi connectivity index (χ1n) is 7.05. The smallest absolute Gasteiger partial charge is 0.358 e. The number of carbonyl (C=O) groups excluding carboxylic acids is 2. The van der Waals surface area contributed by atoms with Crippen LogP contribution in [-0.2, 0) is 4.74 Å². The molecule has 2 aromatic heterocycles. The van der Waals surface area contributed by atoms with E-state index in [2.05, 4.69) is 4.98 Å². The number of carbonyl (C=O) groups is 2. The Hall–Kier alpha value is -2.38. The Morgan fingerprint density at radius 2 is 1.92 bits per heavy atom. The summed E-state index contributed by atoms with van der Waals surface area (Å²) in [6.07, 6.45) is -0.977. The van der Waals surface area contributed by atoms with Crippen LogP contribution in [0, 0.1) is 5.82 Å². The van der Waals surface area contributed by atoms with Crippen molar-refractivity contribution in [3.63, 3.8) is 0 Å². The third kappa shape index (κ3) is 3.58. The number of hydrogen-bond acceptors (Lipinski definition) is 6. The van der Waals surface area contributed by atoms with Gasteiger partial charge in [-0.1, -0.05) is 6.07 Å². The normalized spacial score (nSPS) is 11.9. The van der Waals surface area contributed by atoms with E-state index >= 15 is 0 Å². The van der Waals surface area contributed by atoms with Crippen LogP contribution in [0.3, 0.4) is 0 Å². The fourth-order valence-electron chi connectivity index (χ4n) is 2.00. The number of halogens is 1. The molecule has 0 aliphatic heterocycles. The van der Waals surface area contributed by atoms with Crippen LogP contribution in [0.1, 0.15) is 27.8 Å². The summed E-state index contributed by atoms with van der Waals surface area (Å²) in [6, 6.07) is 8.92. The molecule has 0 saturated heterocycles. The minimum atomic E-state index is -0.977. The highest BCUT2D eigenvalue weighted by Gasteiger charge is 2.22. The van der Waals surface area contributed by atoms with E-state index in [0.717, 1.165) is 9.88 Å². The number of rotatable bonds is 5. The summed E-state index contributed by atoms with van der Waals surface area (Å²) in [6.45, 7) is 1.48. The second-order valence-electron chi connectivity index (χ2n) is 4.93. The van der Waals surface area contributed by atoms with E-state index in [4.69, 9.17) is 4.74 Å². The highest BCUT2D eigenvalue weighted by atomic mass is 32.1. The Balaban J connectivity index is 1.68. The van der Waals surface area contributed by atoms with Gasteiger partial charge in [0, 0.05) is 10.9 Å². The average Bonchev–Trinajstić information content (AvgIpc) is 3.26. The summed E-state index contributed by atoms with van der Waals surface area (Å²) in [5.74, 6) is -1.48.